The van der Waals surface area contributed by atoms with Crippen LogP contribution >= 0.6 is 57.4 Å². The van der Waals surface area contributed by atoms with Gasteiger partial charge in [0.2, 0.25) is 9.70 Å². The number of benzene rings is 2. The predicted molar refractivity (Wildman–Crippen MR) is 180 cm³/mol. The number of amides is 1. The number of nitrogens with zero attached hydrogens (tertiary/aromatic N) is 1. The van der Waals surface area contributed by atoms with Crippen LogP contribution in [0.1, 0.15) is 33.2 Å². The number of rotatable bonds is 10. The molecule has 4 atom stereocenters. The summed E-state index contributed by atoms with van der Waals surface area (Å²) in [5.74, 6) is -1.53. The van der Waals surface area contributed by atoms with Gasteiger partial charge in [0, 0.05) is 23.2 Å². The van der Waals surface area contributed by atoms with E-state index in [1.807, 2.05) is 63.4 Å². The van der Waals surface area contributed by atoms with Crippen molar-refractivity contribution < 1.29 is 28.6 Å². The molecule has 0 saturated carbocycles. The van der Waals surface area contributed by atoms with Crippen LogP contribution in [0.4, 0.5) is 4.79 Å². The molecule has 0 unspecified atom stereocenters. The Balaban J connectivity index is 1.56. The van der Waals surface area contributed by atoms with E-state index in [2.05, 4.69) is 52.2 Å². The normalized spacial score (nSPS) is 18.3. The summed E-state index contributed by atoms with van der Waals surface area (Å²) in [5, 5.41) is 3.01. The lowest BCUT2D eigenvalue weighted by Gasteiger charge is -2.33. The highest BCUT2D eigenvalue weighted by Crippen LogP contribution is 2.35. The maximum Gasteiger partial charge on any atom is 0.508 e. The molecule has 0 spiro atoms. The monoisotopic (exact) mass is 774 g/mol. The Hall–Kier alpha value is -2.47. The van der Waals surface area contributed by atoms with Crippen molar-refractivity contribution in [3.63, 3.8) is 0 Å². The van der Waals surface area contributed by atoms with Gasteiger partial charge in [-0.2, -0.15) is 0 Å². The molecule has 0 radical (unpaired) electrons. The highest BCUT2D eigenvalue weighted by Gasteiger charge is 2.44. The van der Waals surface area contributed by atoms with Crippen LogP contribution < -0.4 is 5.32 Å². The van der Waals surface area contributed by atoms with Crippen LogP contribution in [-0.2, 0) is 23.8 Å². The van der Waals surface area contributed by atoms with E-state index in [9.17, 15) is 14.4 Å². The number of carbonyl (C=O) groups is 3. The molecule has 3 aromatic rings. The molecule has 4 rings (SSSR count). The standard InChI is InChI=1S/C32H34Cl3IN2O6/c1-31(2,3)26(18-42-30(41)43-19-32(33,34)35)37-28(39)27(25-15-24(16-36)44-29(25)40)38-14-13-23(17-38)22-11-9-21(10-12-22)20-7-5-4-6-8-20/h4-14,17,24-27H,15-16,18-19H2,1-3H3,(H,37,39)/t24-,25+,26+,27-/m1/s1. The number of halogens is 4. The van der Waals surface area contributed by atoms with E-state index in [4.69, 9.17) is 49.0 Å². The van der Waals surface area contributed by atoms with Crippen LogP contribution in [-0.4, -0.2) is 56.2 Å². The zero-order chi connectivity index (χ0) is 32.1. The topological polar surface area (TPSA) is 95.9 Å². The number of hydrogen-bond donors (Lipinski definition) is 1. The summed E-state index contributed by atoms with van der Waals surface area (Å²) in [6.07, 6.45) is 2.75. The number of alkyl halides is 4. The molecule has 1 amide bonds. The van der Waals surface area contributed by atoms with Crippen LogP contribution in [0.5, 0.6) is 0 Å². The molecule has 2 aromatic carbocycles. The minimum Gasteiger partial charge on any atom is -0.461 e. The average molecular weight is 776 g/mol. The highest BCUT2D eigenvalue weighted by molar-refractivity contribution is 14.1. The molecular formula is C32H34Cl3IN2O6. The fraction of sp³-hybridized carbons (Fsp3) is 0.406. The van der Waals surface area contributed by atoms with Crippen molar-refractivity contribution in [2.24, 2.45) is 11.3 Å². The van der Waals surface area contributed by atoms with Crippen molar-refractivity contribution >= 4 is 75.4 Å². The van der Waals surface area contributed by atoms with Crippen LogP contribution in [0.2, 0.25) is 0 Å². The average Bonchev–Trinajstić information content (AvgIpc) is 3.61. The Labute approximate surface area is 285 Å². The van der Waals surface area contributed by atoms with Crippen molar-refractivity contribution in [1.29, 1.82) is 0 Å². The second-order valence-corrected chi connectivity index (χ2v) is 15.1. The van der Waals surface area contributed by atoms with Crippen molar-refractivity contribution in [2.75, 3.05) is 17.6 Å². The molecule has 44 heavy (non-hydrogen) atoms. The summed E-state index contributed by atoms with van der Waals surface area (Å²) >= 11 is 19.1. The first-order valence-corrected chi connectivity index (χ1v) is 16.7. The molecule has 2 heterocycles. The number of esters is 1. The highest BCUT2D eigenvalue weighted by atomic mass is 127. The van der Waals surface area contributed by atoms with Crippen LogP contribution in [0.15, 0.2) is 73.1 Å². The van der Waals surface area contributed by atoms with Gasteiger partial charge in [0.15, 0.2) is 0 Å². The molecule has 8 nitrogen and oxygen atoms in total. The first-order valence-electron chi connectivity index (χ1n) is 14.0. The molecule has 1 saturated heterocycles. The third kappa shape index (κ3) is 9.28. The van der Waals surface area contributed by atoms with Crippen molar-refractivity contribution in [1.82, 2.24) is 9.88 Å². The van der Waals surface area contributed by atoms with Gasteiger partial charge in [-0.3, -0.25) is 9.59 Å². The Morgan fingerprint density at radius 2 is 1.59 bits per heavy atom. The number of nitrogens with one attached hydrogen (secondary N) is 1. The lowest BCUT2D eigenvalue weighted by atomic mass is 9.86. The predicted octanol–water partition coefficient (Wildman–Crippen LogP) is 7.78. The van der Waals surface area contributed by atoms with E-state index in [0.29, 0.717) is 10.8 Å². The molecule has 1 aromatic heterocycles. The van der Waals surface area contributed by atoms with E-state index >= 15 is 0 Å². The molecule has 0 bridgehead atoms. The fourth-order valence-electron chi connectivity index (χ4n) is 4.90. The Morgan fingerprint density at radius 1 is 0.977 bits per heavy atom. The van der Waals surface area contributed by atoms with E-state index in [1.165, 1.54) is 0 Å². The van der Waals surface area contributed by atoms with Crippen LogP contribution in [0, 0.1) is 11.3 Å². The summed E-state index contributed by atoms with van der Waals surface area (Å²) in [4.78, 5) is 39.2. The molecule has 0 aliphatic carbocycles. The SMILES string of the molecule is CC(C)(C)[C@H](COC(=O)OCC(Cl)(Cl)Cl)NC(=O)[C@@H]([C@@H]1C[C@H](CI)OC1=O)n1ccc(-c2ccc(-c3ccccc3)cc2)c1. The third-order valence-electron chi connectivity index (χ3n) is 7.37. The number of aromatic nitrogens is 1. The first kappa shape index (κ1) is 34.4. The summed E-state index contributed by atoms with van der Waals surface area (Å²) < 4.78 is 16.3. The Morgan fingerprint density at radius 3 is 2.16 bits per heavy atom. The second-order valence-electron chi connectivity index (χ2n) is 11.7. The molecule has 1 N–H and O–H groups in total. The molecule has 1 aliphatic rings. The summed E-state index contributed by atoms with van der Waals surface area (Å²) in [6, 6.07) is 18.7. The van der Waals surface area contributed by atoms with E-state index in [0.717, 1.165) is 22.3 Å². The van der Waals surface area contributed by atoms with Gasteiger partial charge in [0.1, 0.15) is 25.4 Å². The smallest absolute Gasteiger partial charge is 0.461 e. The lowest BCUT2D eigenvalue weighted by Crippen LogP contribution is -2.50. The van der Waals surface area contributed by atoms with Crippen LogP contribution in [0.3, 0.4) is 0 Å². The second kappa shape index (κ2) is 14.7. The zero-order valence-corrected chi connectivity index (χ0v) is 28.9. The maximum atomic E-state index is 14.0. The Kier molecular flexibility index (Phi) is 11.5. The van der Waals surface area contributed by atoms with Crippen molar-refractivity contribution in [2.45, 2.75) is 49.2 Å². The van der Waals surface area contributed by atoms with Crippen molar-refractivity contribution in [3.05, 3.63) is 73.1 Å². The van der Waals surface area contributed by atoms with Gasteiger partial charge >= 0.3 is 12.1 Å². The van der Waals surface area contributed by atoms with E-state index in [-0.39, 0.29) is 12.7 Å². The third-order valence-corrected chi connectivity index (χ3v) is 8.68. The van der Waals surface area contributed by atoms with Gasteiger partial charge in [0.05, 0.1) is 12.0 Å². The van der Waals surface area contributed by atoms with Gasteiger partial charge in [-0.1, -0.05) is 133 Å². The number of cyclic esters (lactones) is 1. The molecule has 1 fully saturated rings. The molecule has 12 heteroatoms. The van der Waals surface area contributed by atoms with Gasteiger partial charge in [0.25, 0.3) is 0 Å². The molecular weight excluding hydrogens is 742 g/mol. The minimum atomic E-state index is -1.78. The van der Waals surface area contributed by atoms with Crippen LogP contribution in [0.25, 0.3) is 22.3 Å². The number of carbonyl (C=O) groups excluding carboxylic acids is 3. The summed E-state index contributed by atoms with van der Waals surface area (Å²) in [7, 11) is 0. The zero-order valence-electron chi connectivity index (χ0n) is 24.5. The molecule has 236 valence electrons. The minimum absolute atomic E-state index is 0.198. The van der Waals surface area contributed by atoms with Crippen molar-refractivity contribution in [3.8, 4) is 22.3 Å². The number of hydrogen-bond acceptors (Lipinski definition) is 6. The number of ether oxygens (including phenoxy) is 3. The Bertz CT molecular complexity index is 1440. The lowest BCUT2D eigenvalue weighted by molar-refractivity contribution is -0.147. The molecule has 1 aliphatic heterocycles. The first-order chi connectivity index (χ1) is 20.7. The van der Waals surface area contributed by atoms with E-state index in [1.54, 1.807) is 10.8 Å². The van der Waals surface area contributed by atoms with E-state index < -0.39 is 51.8 Å². The maximum absolute atomic E-state index is 14.0. The van der Waals surface area contributed by atoms with Gasteiger partial charge in [-0.05, 0) is 33.7 Å². The van der Waals surface area contributed by atoms with Gasteiger partial charge in [-0.15, -0.1) is 0 Å². The quantitative estimate of drug-likeness (QED) is 0.129. The fourth-order valence-corrected chi connectivity index (χ4v) is 5.60. The summed E-state index contributed by atoms with van der Waals surface area (Å²) in [6.45, 7) is 5.00. The largest absolute Gasteiger partial charge is 0.508 e. The van der Waals surface area contributed by atoms with Gasteiger partial charge in [-0.25, -0.2) is 4.79 Å². The summed E-state index contributed by atoms with van der Waals surface area (Å²) in [5.41, 5.74) is 3.55. The van der Waals surface area contributed by atoms with Gasteiger partial charge < -0.3 is 24.1 Å².